The number of aryl methyl sites for hydroxylation is 3. The molecule has 0 aliphatic rings. The van der Waals surface area contributed by atoms with Crippen LogP contribution in [-0.2, 0) is 12.6 Å². The molecule has 1 amide bonds. The van der Waals surface area contributed by atoms with E-state index in [0.717, 1.165) is 23.3 Å². The van der Waals surface area contributed by atoms with Crippen LogP contribution in [0.15, 0.2) is 85.6 Å². The number of amides is 1. The Labute approximate surface area is 290 Å². The van der Waals surface area contributed by atoms with Gasteiger partial charge in [-0.25, -0.2) is 0 Å². The third kappa shape index (κ3) is 9.18. The molecule has 0 spiro atoms. The number of alkyl halides is 3. The van der Waals surface area contributed by atoms with Crippen molar-refractivity contribution in [3.63, 3.8) is 0 Å². The molecule has 0 saturated heterocycles. The van der Waals surface area contributed by atoms with Gasteiger partial charge in [-0.2, -0.15) is 13.2 Å². The minimum Gasteiger partial charge on any atom is -0.461 e. The van der Waals surface area contributed by atoms with Crippen LogP contribution < -0.4 is 10.1 Å². The molecule has 10 heteroatoms. The first-order chi connectivity index (χ1) is 23.1. The molecule has 0 aliphatic heterocycles. The van der Waals surface area contributed by atoms with Crippen LogP contribution in [0.25, 0.3) is 17.0 Å². The van der Waals surface area contributed by atoms with Crippen molar-refractivity contribution in [2.75, 3.05) is 19.4 Å². The van der Waals surface area contributed by atoms with Crippen LogP contribution in [0.2, 0.25) is 5.02 Å². The zero-order valence-corrected chi connectivity index (χ0v) is 29.0. The monoisotopic (exact) mass is 689 g/mol. The summed E-state index contributed by atoms with van der Waals surface area (Å²) in [5.74, 6) is 0.779. The number of rotatable bonds is 13. The molecule has 0 aliphatic carbocycles. The molecule has 1 heterocycles. The van der Waals surface area contributed by atoms with E-state index in [1.165, 1.54) is 17.0 Å². The fraction of sp³-hybridized carbons (Fsp3) is 0.256. The highest BCUT2D eigenvalue weighted by molar-refractivity contribution is 6.32. The predicted molar refractivity (Wildman–Crippen MR) is 190 cm³/mol. The summed E-state index contributed by atoms with van der Waals surface area (Å²) in [6, 6.07) is 17.3. The fourth-order valence-corrected chi connectivity index (χ4v) is 5.56. The number of carbonyl (C=O) groups is 2. The minimum atomic E-state index is -4.45. The summed E-state index contributed by atoms with van der Waals surface area (Å²) in [7, 11) is 3.33. The molecule has 4 aromatic rings. The molecular weight excluding hydrogens is 651 g/mol. The van der Waals surface area contributed by atoms with E-state index in [1.807, 2.05) is 25.1 Å². The van der Waals surface area contributed by atoms with Crippen LogP contribution in [0.1, 0.15) is 74.8 Å². The van der Waals surface area contributed by atoms with Crippen molar-refractivity contribution >= 4 is 34.7 Å². The van der Waals surface area contributed by atoms with E-state index in [0.29, 0.717) is 87.2 Å². The number of nitrogens with zero attached hydrogens (tertiary/aromatic N) is 2. The maximum Gasteiger partial charge on any atom is 0.416 e. The Kier molecular flexibility index (Phi) is 11.7. The second-order valence-corrected chi connectivity index (χ2v) is 12.4. The van der Waals surface area contributed by atoms with Crippen LogP contribution in [0.3, 0.4) is 0 Å². The molecule has 6 nitrogen and oxygen atoms in total. The van der Waals surface area contributed by atoms with Gasteiger partial charge in [-0.3, -0.25) is 14.6 Å². The molecule has 0 bridgehead atoms. The van der Waals surface area contributed by atoms with Crippen molar-refractivity contribution in [2.45, 2.75) is 52.6 Å². The summed E-state index contributed by atoms with van der Waals surface area (Å²) < 4.78 is 45.5. The van der Waals surface area contributed by atoms with Crippen LogP contribution >= 0.6 is 11.6 Å². The van der Waals surface area contributed by atoms with E-state index in [4.69, 9.17) is 16.3 Å². The van der Waals surface area contributed by atoms with Gasteiger partial charge in [0, 0.05) is 55.0 Å². The number of pyridine rings is 1. The molecular formula is C39H39ClF3N3O3. The maximum absolute atomic E-state index is 13.3. The number of anilines is 1. The highest BCUT2D eigenvalue weighted by Crippen LogP contribution is 2.35. The topological polar surface area (TPSA) is 71.5 Å². The summed E-state index contributed by atoms with van der Waals surface area (Å²) in [5.41, 5.74) is 5.08. The van der Waals surface area contributed by atoms with Gasteiger partial charge in [0.1, 0.15) is 5.75 Å². The quantitative estimate of drug-likeness (QED) is 0.112. The lowest BCUT2D eigenvalue weighted by Gasteiger charge is -2.19. The lowest BCUT2D eigenvalue weighted by molar-refractivity contribution is -0.137. The summed E-state index contributed by atoms with van der Waals surface area (Å²) in [6.45, 7) is 13.7. The van der Waals surface area contributed by atoms with Crippen molar-refractivity contribution in [3.05, 3.63) is 130 Å². The van der Waals surface area contributed by atoms with Gasteiger partial charge in [0.2, 0.25) is 0 Å². The van der Waals surface area contributed by atoms with E-state index in [9.17, 15) is 22.8 Å². The molecule has 3 aromatic carbocycles. The van der Waals surface area contributed by atoms with E-state index in [-0.39, 0.29) is 11.7 Å². The number of carbonyl (C=O) groups excluding carboxylic acids is 2. The zero-order chi connectivity index (χ0) is 36.0. The first kappa shape index (κ1) is 36.9. The molecule has 0 unspecified atom stereocenters. The van der Waals surface area contributed by atoms with Crippen molar-refractivity contribution in [1.82, 2.24) is 9.88 Å². The van der Waals surface area contributed by atoms with Gasteiger partial charge in [0.05, 0.1) is 33.3 Å². The smallest absolute Gasteiger partial charge is 0.416 e. The zero-order valence-electron chi connectivity index (χ0n) is 28.2. The number of ether oxygens (including phenoxy) is 1. The van der Waals surface area contributed by atoms with Gasteiger partial charge in [-0.1, -0.05) is 49.9 Å². The van der Waals surface area contributed by atoms with E-state index in [2.05, 4.69) is 23.5 Å². The Morgan fingerprint density at radius 2 is 1.65 bits per heavy atom. The summed E-state index contributed by atoms with van der Waals surface area (Å²) in [6.07, 6.45) is -2.22. The number of hydrogen-bond donors (Lipinski definition) is 1. The molecule has 4 rings (SSSR count). The van der Waals surface area contributed by atoms with E-state index in [1.54, 1.807) is 52.2 Å². The average molecular weight is 690 g/mol. The maximum atomic E-state index is 13.3. The third-order valence-corrected chi connectivity index (χ3v) is 8.17. The molecule has 1 aromatic heterocycles. The number of benzene rings is 3. The van der Waals surface area contributed by atoms with Crippen molar-refractivity contribution in [1.29, 1.82) is 0 Å². The molecule has 256 valence electrons. The predicted octanol–water partition coefficient (Wildman–Crippen LogP) is 10.3. The van der Waals surface area contributed by atoms with Gasteiger partial charge in [0.15, 0.2) is 5.78 Å². The Morgan fingerprint density at radius 1 is 0.959 bits per heavy atom. The number of allylic oxidation sites excluding steroid dienone is 1. The third-order valence-electron chi connectivity index (χ3n) is 7.89. The summed E-state index contributed by atoms with van der Waals surface area (Å²) in [5, 5.41) is 3.60. The standard InChI is InChI=1S/C39H39ClF3N3O3/c1-8-35(47)29-20-23(2)37(33(40)22-29)49-25(4)10-9-11-27-13-19-34(32(21-27)38(48)46(6)7)45-26(5)31-18-12-24(3)44-36(31)28-14-16-30(17-15-28)39(41,42)43/h12-22,45H,4-5,8-11H2,1-3,6-7H3. The first-order valence-corrected chi connectivity index (χ1v) is 16.1. The van der Waals surface area contributed by atoms with E-state index >= 15 is 0 Å². The van der Waals surface area contributed by atoms with Crippen molar-refractivity contribution in [2.24, 2.45) is 0 Å². The normalized spacial score (nSPS) is 11.2. The SMILES string of the molecule is C=C(CCCc1ccc(NC(=C)c2ccc(C)nc2-c2ccc(C(F)(F)F)cc2)c(C(=O)N(C)C)c1)Oc1c(C)cc(C(=O)CC)cc1Cl. The first-order valence-electron chi connectivity index (χ1n) is 15.7. The van der Waals surface area contributed by atoms with Crippen LogP contribution in [0.5, 0.6) is 5.75 Å². The van der Waals surface area contributed by atoms with Crippen molar-refractivity contribution < 1.29 is 27.5 Å². The number of ketones is 1. The Balaban J connectivity index is 1.50. The molecule has 0 saturated carbocycles. The molecule has 0 radical (unpaired) electrons. The lowest BCUT2D eigenvalue weighted by Crippen LogP contribution is -2.23. The van der Waals surface area contributed by atoms with E-state index < -0.39 is 11.7 Å². The van der Waals surface area contributed by atoms with Crippen LogP contribution in [0.4, 0.5) is 18.9 Å². The van der Waals surface area contributed by atoms with Gasteiger partial charge in [-0.15, -0.1) is 0 Å². The minimum absolute atomic E-state index is 0.00286. The largest absolute Gasteiger partial charge is 0.461 e. The summed E-state index contributed by atoms with van der Waals surface area (Å²) >= 11 is 6.43. The molecule has 0 atom stereocenters. The molecule has 1 N–H and O–H groups in total. The number of aromatic nitrogens is 1. The van der Waals surface area contributed by atoms with Gasteiger partial charge in [0.25, 0.3) is 5.91 Å². The second-order valence-electron chi connectivity index (χ2n) is 12.0. The van der Waals surface area contributed by atoms with Gasteiger partial charge in [-0.05, 0) is 86.3 Å². The molecule has 49 heavy (non-hydrogen) atoms. The number of Topliss-reactive ketones (excluding diaryl/α,β-unsaturated/α-hetero) is 1. The Hall–Kier alpha value is -4.89. The highest BCUT2D eigenvalue weighted by atomic mass is 35.5. The number of nitrogens with one attached hydrogen (secondary N) is 1. The van der Waals surface area contributed by atoms with Crippen LogP contribution in [-0.4, -0.2) is 35.7 Å². The lowest BCUT2D eigenvalue weighted by atomic mass is 10.00. The number of hydrogen-bond acceptors (Lipinski definition) is 5. The van der Waals surface area contributed by atoms with Crippen LogP contribution in [0, 0.1) is 13.8 Å². The number of halogens is 4. The van der Waals surface area contributed by atoms with Crippen molar-refractivity contribution in [3.8, 4) is 17.0 Å². The van der Waals surface area contributed by atoms with Gasteiger partial charge >= 0.3 is 6.18 Å². The fourth-order valence-electron chi connectivity index (χ4n) is 5.25. The summed E-state index contributed by atoms with van der Waals surface area (Å²) in [4.78, 5) is 31.5. The second kappa shape index (κ2) is 15.6. The Bertz CT molecular complexity index is 1880. The Morgan fingerprint density at radius 3 is 2.27 bits per heavy atom. The van der Waals surface area contributed by atoms with Gasteiger partial charge < -0.3 is 15.0 Å². The highest BCUT2D eigenvalue weighted by Gasteiger charge is 2.30. The average Bonchev–Trinajstić information content (AvgIpc) is 3.05. The molecule has 0 fully saturated rings.